The van der Waals surface area contributed by atoms with Crippen LogP contribution < -0.4 is 10.6 Å². The molecule has 0 bridgehead atoms. The van der Waals surface area contributed by atoms with E-state index in [1.165, 1.54) is 38.8 Å². The zero-order chi connectivity index (χ0) is 10.4. The molecule has 1 saturated heterocycles. The topological polar surface area (TPSA) is 24.1 Å². The van der Waals surface area contributed by atoms with Gasteiger partial charge in [-0.1, -0.05) is 13.8 Å². The van der Waals surface area contributed by atoms with E-state index in [1.807, 2.05) is 0 Å². The van der Waals surface area contributed by atoms with Crippen molar-refractivity contribution in [1.82, 2.24) is 10.6 Å². The van der Waals surface area contributed by atoms with Gasteiger partial charge < -0.3 is 10.6 Å². The van der Waals surface area contributed by atoms with Gasteiger partial charge in [0, 0.05) is 6.04 Å². The molecule has 1 heterocycles. The number of piperidine rings is 1. The third-order valence-electron chi connectivity index (χ3n) is 3.24. The summed E-state index contributed by atoms with van der Waals surface area (Å²) >= 11 is 0. The predicted molar refractivity (Wildman–Crippen MR) is 62.5 cm³/mol. The Kier molecular flexibility index (Phi) is 5.49. The summed E-state index contributed by atoms with van der Waals surface area (Å²) in [5, 5.41) is 6.89. The minimum atomic E-state index is 0.734. The summed E-state index contributed by atoms with van der Waals surface area (Å²) in [6.07, 6.45) is 5.43. The largest absolute Gasteiger partial charge is 0.317 e. The van der Waals surface area contributed by atoms with Gasteiger partial charge in [-0.3, -0.25) is 0 Å². The van der Waals surface area contributed by atoms with E-state index in [1.54, 1.807) is 0 Å². The first-order valence-corrected chi connectivity index (χ1v) is 6.10. The van der Waals surface area contributed by atoms with Gasteiger partial charge in [0.15, 0.2) is 0 Å². The van der Waals surface area contributed by atoms with Crippen molar-refractivity contribution >= 4 is 0 Å². The van der Waals surface area contributed by atoms with Crippen LogP contribution in [0.15, 0.2) is 0 Å². The van der Waals surface area contributed by atoms with Crippen LogP contribution in [0.1, 0.15) is 39.5 Å². The zero-order valence-electron chi connectivity index (χ0n) is 9.97. The van der Waals surface area contributed by atoms with Crippen LogP contribution in [0.4, 0.5) is 0 Å². The molecule has 0 saturated carbocycles. The fourth-order valence-corrected chi connectivity index (χ4v) is 2.42. The van der Waals surface area contributed by atoms with Crippen molar-refractivity contribution < 1.29 is 0 Å². The van der Waals surface area contributed by atoms with E-state index in [0.29, 0.717) is 0 Å². The fourth-order valence-electron chi connectivity index (χ4n) is 2.42. The molecule has 2 nitrogen and oxygen atoms in total. The Labute approximate surface area is 88.8 Å². The van der Waals surface area contributed by atoms with E-state index in [4.69, 9.17) is 0 Å². The first kappa shape index (κ1) is 12.0. The van der Waals surface area contributed by atoms with Gasteiger partial charge >= 0.3 is 0 Å². The van der Waals surface area contributed by atoms with Crippen molar-refractivity contribution in [2.24, 2.45) is 11.8 Å². The molecule has 1 rings (SSSR count). The van der Waals surface area contributed by atoms with Crippen LogP contribution in [-0.2, 0) is 0 Å². The molecule has 1 fully saturated rings. The minimum absolute atomic E-state index is 0.734. The van der Waals surface area contributed by atoms with Gasteiger partial charge in [-0.15, -0.1) is 0 Å². The van der Waals surface area contributed by atoms with Crippen molar-refractivity contribution in [2.75, 3.05) is 20.1 Å². The molecule has 2 N–H and O–H groups in total. The number of hydrogen-bond acceptors (Lipinski definition) is 2. The van der Waals surface area contributed by atoms with Crippen LogP contribution in [0.2, 0.25) is 0 Å². The fraction of sp³-hybridized carbons (Fsp3) is 1.00. The number of nitrogens with one attached hydrogen (secondary N) is 2. The molecule has 14 heavy (non-hydrogen) atoms. The second kappa shape index (κ2) is 6.41. The van der Waals surface area contributed by atoms with Crippen LogP contribution in [0, 0.1) is 11.8 Å². The molecule has 0 radical (unpaired) electrons. The Morgan fingerprint density at radius 2 is 1.93 bits per heavy atom. The Hall–Kier alpha value is -0.0800. The van der Waals surface area contributed by atoms with Crippen LogP contribution in [-0.4, -0.2) is 26.2 Å². The Balaban J connectivity index is 2.23. The molecule has 1 aliphatic heterocycles. The number of rotatable bonds is 5. The van der Waals surface area contributed by atoms with Crippen LogP contribution in [0.3, 0.4) is 0 Å². The summed E-state index contributed by atoms with van der Waals surface area (Å²) in [5.74, 6) is 1.77. The zero-order valence-corrected chi connectivity index (χ0v) is 9.97. The molecule has 0 aromatic carbocycles. The van der Waals surface area contributed by atoms with E-state index in [2.05, 4.69) is 31.5 Å². The predicted octanol–water partition coefficient (Wildman–Crippen LogP) is 2.01. The molecular formula is C12H26N2. The average Bonchev–Trinajstić information content (AvgIpc) is 2.17. The van der Waals surface area contributed by atoms with Crippen LogP contribution >= 0.6 is 0 Å². The minimum Gasteiger partial charge on any atom is -0.317 e. The SMILES string of the molecule is CNC(CC(C)C)CC1CCNCC1. The third kappa shape index (κ3) is 4.43. The van der Waals surface area contributed by atoms with Gasteiger partial charge in [0.25, 0.3) is 0 Å². The van der Waals surface area contributed by atoms with Gasteiger partial charge in [0.05, 0.1) is 0 Å². The van der Waals surface area contributed by atoms with Crippen molar-refractivity contribution in [3.05, 3.63) is 0 Å². The van der Waals surface area contributed by atoms with E-state index in [-0.39, 0.29) is 0 Å². The molecule has 1 unspecified atom stereocenters. The monoisotopic (exact) mass is 198 g/mol. The molecule has 0 amide bonds. The Morgan fingerprint density at radius 1 is 1.29 bits per heavy atom. The summed E-state index contributed by atoms with van der Waals surface area (Å²) in [6, 6.07) is 0.734. The van der Waals surface area contributed by atoms with Crippen molar-refractivity contribution in [1.29, 1.82) is 0 Å². The summed E-state index contributed by atoms with van der Waals surface area (Å²) in [6.45, 7) is 7.07. The molecular weight excluding hydrogens is 172 g/mol. The van der Waals surface area contributed by atoms with Gasteiger partial charge in [0.2, 0.25) is 0 Å². The maximum Gasteiger partial charge on any atom is 0.00691 e. The molecule has 0 aliphatic carbocycles. The second-order valence-electron chi connectivity index (χ2n) is 5.04. The lowest BCUT2D eigenvalue weighted by molar-refractivity contribution is 0.295. The molecule has 0 aromatic rings. The standard InChI is InChI=1S/C12H26N2/c1-10(2)8-12(13-3)9-11-4-6-14-7-5-11/h10-14H,4-9H2,1-3H3. The van der Waals surface area contributed by atoms with Crippen LogP contribution in [0.5, 0.6) is 0 Å². The highest BCUT2D eigenvalue weighted by Gasteiger charge is 2.18. The van der Waals surface area contributed by atoms with Crippen molar-refractivity contribution in [2.45, 2.75) is 45.6 Å². The first-order valence-electron chi connectivity index (χ1n) is 6.10. The first-order chi connectivity index (χ1) is 6.72. The molecule has 1 atom stereocenters. The average molecular weight is 198 g/mol. The van der Waals surface area contributed by atoms with Gasteiger partial charge in [-0.2, -0.15) is 0 Å². The summed E-state index contributed by atoms with van der Waals surface area (Å²) in [5.41, 5.74) is 0. The van der Waals surface area contributed by atoms with Gasteiger partial charge in [-0.25, -0.2) is 0 Å². The Morgan fingerprint density at radius 3 is 2.43 bits per heavy atom. The molecule has 2 heteroatoms. The van der Waals surface area contributed by atoms with Gasteiger partial charge in [-0.05, 0) is 57.7 Å². The maximum atomic E-state index is 3.46. The van der Waals surface area contributed by atoms with E-state index in [0.717, 1.165) is 17.9 Å². The lowest BCUT2D eigenvalue weighted by Crippen LogP contribution is -2.34. The highest BCUT2D eigenvalue weighted by atomic mass is 14.9. The molecule has 0 aromatic heterocycles. The summed E-state index contributed by atoms with van der Waals surface area (Å²) in [7, 11) is 2.11. The van der Waals surface area contributed by atoms with Crippen LogP contribution in [0.25, 0.3) is 0 Å². The third-order valence-corrected chi connectivity index (χ3v) is 3.24. The summed E-state index contributed by atoms with van der Waals surface area (Å²) in [4.78, 5) is 0. The molecule has 84 valence electrons. The smallest absolute Gasteiger partial charge is 0.00691 e. The molecule has 0 spiro atoms. The van der Waals surface area contributed by atoms with E-state index < -0.39 is 0 Å². The van der Waals surface area contributed by atoms with Gasteiger partial charge in [0.1, 0.15) is 0 Å². The highest BCUT2D eigenvalue weighted by Crippen LogP contribution is 2.20. The van der Waals surface area contributed by atoms with E-state index in [9.17, 15) is 0 Å². The van der Waals surface area contributed by atoms with Crippen molar-refractivity contribution in [3.63, 3.8) is 0 Å². The number of hydrogen-bond donors (Lipinski definition) is 2. The highest BCUT2D eigenvalue weighted by molar-refractivity contribution is 4.75. The molecule has 1 aliphatic rings. The second-order valence-corrected chi connectivity index (χ2v) is 5.04. The Bertz CT molecular complexity index is 139. The maximum absolute atomic E-state index is 3.46. The van der Waals surface area contributed by atoms with E-state index >= 15 is 0 Å². The normalized spacial score (nSPS) is 21.4. The summed E-state index contributed by atoms with van der Waals surface area (Å²) < 4.78 is 0. The van der Waals surface area contributed by atoms with Crippen molar-refractivity contribution in [3.8, 4) is 0 Å². The lowest BCUT2D eigenvalue weighted by atomic mass is 9.88. The lowest BCUT2D eigenvalue weighted by Gasteiger charge is -2.27. The quantitative estimate of drug-likeness (QED) is 0.706.